The zero-order valence-corrected chi connectivity index (χ0v) is 9.91. The van der Waals surface area contributed by atoms with Crippen molar-refractivity contribution >= 4 is 5.82 Å². The molecule has 3 rings (SSSR count). The zero-order chi connectivity index (χ0) is 11.5. The van der Waals surface area contributed by atoms with Crippen molar-refractivity contribution in [3.05, 3.63) is 17.6 Å². The molecule has 92 valence electrons. The molecule has 0 radical (unpaired) electrons. The predicted molar refractivity (Wildman–Crippen MR) is 64.9 cm³/mol. The van der Waals surface area contributed by atoms with E-state index in [0.717, 1.165) is 43.2 Å². The van der Waals surface area contributed by atoms with Gasteiger partial charge in [0.2, 0.25) is 0 Å². The average molecular weight is 234 g/mol. The molecule has 3 heterocycles. The van der Waals surface area contributed by atoms with Gasteiger partial charge in [-0.1, -0.05) is 0 Å². The molecule has 0 bridgehead atoms. The van der Waals surface area contributed by atoms with E-state index in [2.05, 4.69) is 20.6 Å². The highest BCUT2D eigenvalue weighted by Crippen LogP contribution is 2.21. The van der Waals surface area contributed by atoms with Gasteiger partial charge in [-0.25, -0.2) is 9.97 Å². The largest absolute Gasteiger partial charge is 0.376 e. The van der Waals surface area contributed by atoms with E-state index in [0.29, 0.717) is 12.6 Å². The number of rotatable bonds is 3. The smallest absolute Gasteiger partial charge is 0.135 e. The van der Waals surface area contributed by atoms with Crippen LogP contribution in [0.4, 0.5) is 5.82 Å². The molecule has 0 aromatic carbocycles. The highest BCUT2D eigenvalue weighted by molar-refractivity contribution is 5.46. The summed E-state index contributed by atoms with van der Waals surface area (Å²) in [6, 6.07) is 0.574. The van der Waals surface area contributed by atoms with Crippen LogP contribution in [0.5, 0.6) is 0 Å². The van der Waals surface area contributed by atoms with Gasteiger partial charge in [0.15, 0.2) is 0 Å². The second-order valence-electron chi connectivity index (χ2n) is 4.62. The molecule has 1 aromatic rings. The number of nitrogens with zero attached hydrogens (tertiary/aromatic N) is 2. The first-order chi connectivity index (χ1) is 8.43. The van der Waals surface area contributed by atoms with Gasteiger partial charge >= 0.3 is 0 Å². The molecule has 1 atom stereocenters. The molecule has 0 spiro atoms. The topological polar surface area (TPSA) is 59.1 Å². The summed E-state index contributed by atoms with van der Waals surface area (Å²) in [5, 5.41) is 6.89. The Bertz CT molecular complexity index is 390. The molecular formula is C12H18N4O. The second-order valence-corrected chi connectivity index (χ2v) is 4.62. The first-order valence-corrected chi connectivity index (χ1v) is 6.31. The lowest BCUT2D eigenvalue weighted by molar-refractivity contribution is 0.109. The van der Waals surface area contributed by atoms with E-state index in [1.54, 1.807) is 6.33 Å². The van der Waals surface area contributed by atoms with Crippen LogP contribution in [-0.2, 0) is 17.8 Å². The maximum absolute atomic E-state index is 5.47. The van der Waals surface area contributed by atoms with Crippen LogP contribution in [0.15, 0.2) is 6.33 Å². The minimum Gasteiger partial charge on any atom is -0.376 e. The van der Waals surface area contributed by atoms with Crippen molar-refractivity contribution in [3.8, 4) is 0 Å². The van der Waals surface area contributed by atoms with Gasteiger partial charge < -0.3 is 15.4 Å². The molecule has 17 heavy (non-hydrogen) atoms. The third-order valence-electron chi connectivity index (χ3n) is 3.44. The van der Waals surface area contributed by atoms with E-state index < -0.39 is 0 Å². The number of aromatic nitrogens is 2. The van der Waals surface area contributed by atoms with E-state index in [-0.39, 0.29) is 0 Å². The Hall–Kier alpha value is -1.20. The number of ether oxygens (including phenoxy) is 1. The van der Waals surface area contributed by atoms with Gasteiger partial charge in [0.25, 0.3) is 0 Å². The molecule has 1 fully saturated rings. The molecule has 1 saturated heterocycles. The maximum Gasteiger partial charge on any atom is 0.135 e. The van der Waals surface area contributed by atoms with Gasteiger partial charge in [0.1, 0.15) is 12.1 Å². The summed E-state index contributed by atoms with van der Waals surface area (Å²) in [6.45, 7) is 3.48. The minimum atomic E-state index is 0.574. The van der Waals surface area contributed by atoms with Gasteiger partial charge in [0.05, 0.1) is 18.9 Å². The summed E-state index contributed by atoms with van der Waals surface area (Å²) in [6.07, 6.45) is 5.07. The average Bonchev–Trinajstić information content (AvgIpc) is 2.89. The molecule has 5 nitrogen and oxygen atoms in total. The summed E-state index contributed by atoms with van der Waals surface area (Å²) >= 11 is 0. The Morgan fingerprint density at radius 2 is 2.47 bits per heavy atom. The van der Waals surface area contributed by atoms with Crippen LogP contribution in [0, 0.1) is 0 Å². The number of anilines is 1. The van der Waals surface area contributed by atoms with Gasteiger partial charge in [-0.3, -0.25) is 0 Å². The van der Waals surface area contributed by atoms with E-state index in [1.807, 2.05) is 0 Å². The summed E-state index contributed by atoms with van der Waals surface area (Å²) in [5.41, 5.74) is 2.27. The molecule has 2 aliphatic rings. The van der Waals surface area contributed by atoms with Crippen LogP contribution >= 0.6 is 0 Å². The van der Waals surface area contributed by atoms with Crippen LogP contribution in [-0.4, -0.2) is 35.7 Å². The van der Waals surface area contributed by atoms with Crippen LogP contribution in [0.25, 0.3) is 0 Å². The third-order valence-corrected chi connectivity index (χ3v) is 3.44. The molecular weight excluding hydrogens is 216 g/mol. The molecule has 0 aliphatic carbocycles. The summed E-state index contributed by atoms with van der Waals surface area (Å²) < 4.78 is 5.47. The van der Waals surface area contributed by atoms with Gasteiger partial charge in [-0.05, 0) is 19.4 Å². The fourth-order valence-electron chi connectivity index (χ4n) is 2.46. The van der Waals surface area contributed by atoms with Crippen LogP contribution in [0.2, 0.25) is 0 Å². The standard InChI is InChI=1S/C12H18N4O/c1-2-9(13-4-1)6-14-12-10-7-17-5-3-11(10)15-8-16-12/h8-9,13H,1-7H2,(H,14,15,16). The molecule has 1 unspecified atom stereocenters. The fraction of sp³-hybridized carbons (Fsp3) is 0.667. The third kappa shape index (κ3) is 2.40. The Morgan fingerprint density at radius 3 is 3.35 bits per heavy atom. The van der Waals surface area contributed by atoms with Crippen molar-refractivity contribution in [2.45, 2.75) is 31.9 Å². The number of nitrogens with one attached hydrogen (secondary N) is 2. The number of hydrogen-bond acceptors (Lipinski definition) is 5. The van der Waals surface area contributed by atoms with Gasteiger partial charge in [0, 0.05) is 24.6 Å². The van der Waals surface area contributed by atoms with Crippen molar-refractivity contribution < 1.29 is 4.74 Å². The van der Waals surface area contributed by atoms with E-state index >= 15 is 0 Å². The van der Waals surface area contributed by atoms with E-state index in [9.17, 15) is 0 Å². The first-order valence-electron chi connectivity index (χ1n) is 6.31. The second kappa shape index (κ2) is 4.98. The molecule has 1 aromatic heterocycles. The summed E-state index contributed by atoms with van der Waals surface area (Å²) in [7, 11) is 0. The summed E-state index contributed by atoms with van der Waals surface area (Å²) in [5.74, 6) is 0.948. The predicted octanol–water partition coefficient (Wildman–Crippen LogP) is 0.713. The van der Waals surface area contributed by atoms with Crippen LogP contribution in [0.3, 0.4) is 0 Å². The van der Waals surface area contributed by atoms with Gasteiger partial charge in [-0.2, -0.15) is 0 Å². The minimum absolute atomic E-state index is 0.574. The lowest BCUT2D eigenvalue weighted by atomic mass is 10.1. The van der Waals surface area contributed by atoms with Crippen molar-refractivity contribution in [2.24, 2.45) is 0 Å². The maximum atomic E-state index is 5.47. The van der Waals surface area contributed by atoms with Crippen molar-refractivity contribution in [1.82, 2.24) is 15.3 Å². The fourth-order valence-corrected chi connectivity index (χ4v) is 2.46. The Kier molecular flexibility index (Phi) is 3.20. The number of hydrogen-bond donors (Lipinski definition) is 2. The van der Waals surface area contributed by atoms with Gasteiger partial charge in [-0.15, -0.1) is 0 Å². The monoisotopic (exact) mass is 234 g/mol. The normalized spacial score (nSPS) is 23.4. The quantitative estimate of drug-likeness (QED) is 0.806. The number of fused-ring (bicyclic) bond motifs is 1. The Balaban J connectivity index is 1.69. The highest BCUT2D eigenvalue weighted by Gasteiger charge is 2.18. The van der Waals surface area contributed by atoms with E-state index in [1.165, 1.54) is 12.8 Å². The molecule has 0 saturated carbocycles. The van der Waals surface area contributed by atoms with Crippen LogP contribution < -0.4 is 10.6 Å². The van der Waals surface area contributed by atoms with Crippen LogP contribution in [0.1, 0.15) is 24.1 Å². The van der Waals surface area contributed by atoms with Crippen molar-refractivity contribution in [1.29, 1.82) is 0 Å². The van der Waals surface area contributed by atoms with E-state index in [4.69, 9.17) is 4.74 Å². The molecule has 2 N–H and O–H groups in total. The molecule has 0 amide bonds. The molecule has 2 aliphatic heterocycles. The lowest BCUT2D eigenvalue weighted by Crippen LogP contribution is -2.30. The Labute approximate surface area is 101 Å². The zero-order valence-electron chi connectivity index (χ0n) is 9.91. The summed E-state index contributed by atoms with van der Waals surface area (Å²) in [4.78, 5) is 8.64. The first kappa shape index (κ1) is 10.9. The molecule has 5 heteroatoms. The van der Waals surface area contributed by atoms with Crippen molar-refractivity contribution in [2.75, 3.05) is 25.0 Å². The SMILES string of the molecule is c1nc2c(c(NCC3CCCN3)n1)COCC2. The Morgan fingerprint density at radius 1 is 1.47 bits per heavy atom. The highest BCUT2D eigenvalue weighted by atomic mass is 16.5. The van der Waals surface area contributed by atoms with Crippen molar-refractivity contribution in [3.63, 3.8) is 0 Å². The lowest BCUT2D eigenvalue weighted by Gasteiger charge is -2.19.